The normalized spacial score (nSPS) is 12.7. The third kappa shape index (κ3) is 7.34. The molecule has 0 amide bonds. The minimum absolute atomic E-state index is 0.0945. The van der Waals surface area contributed by atoms with Gasteiger partial charge < -0.3 is 14.6 Å². The van der Waals surface area contributed by atoms with Crippen molar-refractivity contribution < 1.29 is 23.4 Å². The van der Waals surface area contributed by atoms with Crippen LogP contribution in [0.2, 0.25) is 0 Å². The van der Waals surface area contributed by atoms with Crippen LogP contribution in [0.25, 0.3) is 5.69 Å². The van der Waals surface area contributed by atoms with Crippen molar-refractivity contribution in [2.24, 2.45) is 5.92 Å². The monoisotopic (exact) mass is 487 g/mol. The first-order valence-electron chi connectivity index (χ1n) is 11.9. The number of rotatable bonds is 12. The lowest BCUT2D eigenvalue weighted by molar-refractivity contribution is 0.00160. The highest BCUT2D eigenvalue weighted by atomic mass is 19.1. The summed E-state index contributed by atoms with van der Waals surface area (Å²) in [5.74, 6) is -0.838. The minimum Gasteiger partial charge on any atom is -0.435 e. The number of hydrogen-bond acceptors (Lipinski definition) is 5. The van der Waals surface area contributed by atoms with Crippen LogP contribution in [0.5, 0.6) is 11.6 Å². The molecule has 0 spiro atoms. The van der Waals surface area contributed by atoms with E-state index in [0.717, 1.165) is 23.4 Å². The standard InChI is InChI=1S/C27H35F2N3O3/c1-18(2)16-34-17-23(33)14-31(19(3)4)15-24-20(5)30-32(22-9-7-6-8-10-22)27(24)35-26-12-11-21(28)13-25(26)29/h6-13,18-19,23,33H,14-17H2,1-5H3. The second-order valence-electron chi connectivity index (χ2n) is 9.40. The number of hydrogen-bond donors (Lipinski definition) is 1. The van der Waals surface area contributed by atoms with Crippen molar-refractivity contribution in [3.8, 4) is 17.3 Å². The summed E-state index contributed by atoms with van der Waals surface area (Å²) in [5, 5.41) is 15.2. The first-order valence-corrected chi connectivity index (χ1v) is 11.9. The molecule has 1 atom stereocenters. The number of para-hydroxylation sites is 1. The smallest absolute Gasteiger partial charge is 0.227 e. The molecular weight excluding hydrogens is 452 g/mol. The zero-order chi connectivity index (χ0) is 25.5. The molecule has 0 aliphatic heterocycles. The van der Waals surface area contributed by atoms with Crippen LogP contribution in [-0.4, -0.2) is 51.7 Å². The Morgan fingerprint density at radius 3 is 2.37 bits per heavy atom. The van der Waals surface area contributed by atoms with Crippen molar-refractivity contribution in [3.05, 3.63) is 71.4 Å². The van der Waals surface area contributed by atoms with Crippen LogP contribution in [0.1, 0.15) is 39.0 Å². The molecule has 0 saturated carbocycles. The lowest BCUT2D eigenvalue weighted by atomic mass is 10.2. The minimum atomic E-state index is -0.798. The van der Waals surface area contributed by atoms with Gasteiger partial charge in [-0.15, -0.1) is 0 Å². The molecular formula is C27H35F2N3O3. The maximum atomic E-state index is 14.5. The van der Waals surface area contributed by atoms with Gasteiger partial charge in [0.2, 0.25) is 5.88 Å². The summed E-state index contributed by atoms with van der Waals surface area (Å²) in [5.41, 5.74) is 2.21. The van der Waals surface area contributed by atoms with Gasteiger partial charge in [-0.25, -0.2) is 13.5 Å². The van der Waals surface area contributed by atoms with Gasteiger partial charge in [-0.3, -0.25) is 4.90 Å². The van der Waals surface area contributed by atoms with Crippen LogP contribution in [0.15, 0.2) is 48.5 Å². The first kappa shape index (κ1) is 26.8. The molecule has 35 heavy (non-hydrogen) atoms. The van der Waals surface area contributed by atoms with E-state index < -0.39 is 17.7 Å². The lowest BCUT2D eigenvalue weighted by Gasteiger charge is -2.29. The van der Waals surface area contributed by atoms with E-state index in [2.05, 4.69) is 23.8 Å². The average molecular weight is 488 g/mol. The van der Waals surface area contributed by atoms with E-state index >= 15 is 0 Å². The highest BCUT2D eigenvalue weighted by Crippen LogP contribution is 2.33. The van der Waals surface area contributed by atoms with Crippen molar-refractivity contribution in [2.45, 2.75) is 53.3 Å². The Morgan fingerprint density at radius 1 is 1.03 bits per heavy atom. The number of aromatic nitrogens is 2. The Hall–Kier alpha value is -2.81. The van der Waals surface area contributed by atoms with E-state index in [1.807, 2.05) is 51.1 Å². The van der Waals surface area contributed by atoms with Crippen LogP contribution >= 0.6 is 0 Å². The van der Waals surface area contributed by atoms with E-state index in [1.165, 1.54) is 6.07 Å². The quantitative estimate of drug-likeness (QED) is 0.366. The fourth-order valence-corrected chi connectivity index (χ4v) is 3.66. The van der Waals surface area contributed by atoms with Gasteiger partial charge in [0.05, 0.1) is 29.7 Å². The zero-order valence-electron chi connectivity index (χ0n) is 21.0. The van der Waals surface area contributed by atoms with Crippen molar-refractivity contribution in [3.63, 3.8) is 0 Å². The molecule has 0 saturated heterocycles. The van der Waals surface area contributed by atoms with Gasteiger partial charge in [-0.05, 0) is 51.0 Å². The molecule has 0 aliphatic carbocycles. The second-order valence-corrected chi connectivity index (χ2v) is 9.40. The number of nitrogens with zero attached hydrogens (tertiary/aromatic N) is 3. The van der Waals surface area contributed by atoms with E-state index in [0.29, 0.717) is 37.2 Å². The largest absolute Gasteiger partial charge is 0.435 e. The zero-order valence-corrected chi connectivity index (χ0v) is 21.0. The van der Waals surface area contributed by atoms with Gasteiger partial charge in [-0.1, -0.05) is 32.0 Å². The summed E-state index contributed by atoms with van der Waals surface area (Å²) in [4.78, 5) is 2.09. The Labute approximate surface area is 206 Å². The Kier molecular flexibility index (Phi) is 9.37. The predicted molar refractivity (Wildman–Crippen MR) is 132 cm³/mol. The number of aryl methyl sites for hydroxylation is 1. The van der Waals surface area contributed by atoms with Gasteiger partial charge in [0.1, 0.15) is 5.82 Å². The molecule has 0 aliphatic rings. The van der Waals surface area contributed by atoms with Gasteiger partial charge in [-0.2, -0.15) is 5.10 Å². The van der Waals surface area contributed by atoms with E-state index in [4.69, 9.17) is 9.47 Å². The van der Waals surface area contributed by atoms with E-state index in [-0.39, 0.29) is 18.4 Å². The first-order chi connectivity index (χ1) is 16.7. The molecule has 1 N–H and O–H groups in total. The molecule has 2 aromatic carbocycles. The van der Waals surface area contributed by atoms with Crippen molar-refractivity contribution in [2.75, 3.05) is 19.8 Å². The number of benzene rings is 2. The third-order valence-corrected chi connectivity index (χ3v) is 5.54. The number of ether oxygens (including phenoxy) is 2. The fraction of sp³-hybridized carbons (Fsp3) is 0.444. The molecule has 0 bridgehead atoms. The molecule has 3 aromatic rings. The van der Waals surface area contributed by atoms with Crippen molar-refractivity contribution >= 4 is 0 Å². The maximum Gasteiger partial charge on any atom is 0.227 e. The average Bonchev–Trinajstić information content (AvgIpc) is 3.10. The summed E-state index contributed by atoms with van der Waals surface area (Å²) < 4.78 is 41.2. The number of aliphatic hydroxyl groups excluding tert-OH is 1. The summed E-state index contributed by atoms with van der Waals surface area (Å²) in [6.07, 6.45) is -0.667. The van der Waals surface area contributed by atoms with Crippen molar-refractivity contribution in [1.82, 2.24) is 14.7 Å². The van der Waals surface area contributed by atoms with Gasteiger partial charge in [0.25, 0.3) is 0 Å². The molecule has 1 unspecified atom stereocenters. The summed E-state index contributed by atoms with van der Waals surface area (Å²) in [6.45, 7) is 11.7. The fourth-order valence-electron chi connectivity index (χ4n) is 3.66. The molecule has 1 heterocycles. The van der Waals surface area contributed by atoms with Crippen molar-refractivity contribution in [1.29, 1.82) is 0 Å². The predicted octanol–water partition coefficient (Wildman–Crippen LogP) is 5.50. The molecule has 8 heteroatoms. The molecule has 3 rings (SSSR count). The van der Waals surface area contributed by atoms with Crippen LogP contribution < -0.4 is 4.74 Å². The SMILES string of the molecule is Cc1nn(-c2ccccc2)c(Oc2ccc(F)cc2F)c1CN(CC(O)COCC(C)C)C(C)C. The third-order valence-electron chi connectivity index (χ3n) is 5.54. The summed E-state index contributed by atoms with van der Waals surface area (Å²) in [6, 6.07) is 12.7. The maximum absolute atomic E-state index is 14.5. The second kappa shape index (κ2) is 12.2. The number of halogens is 2. The Bertz CT molecular complexity index is 1090. The van der Waals surface area contributed by atoms with Gasteiger partial charge >= 0.3 is 0 Å². The Balaban J connectivity index is 1.92. The van der Waals surface area contributed by atoms with Crippen LogP contribution in [0.3, 0.4) is 0 Å². The van der Waals surface area contributed by atoms with Crippen LogP contribution in [-0.2, 0) is 11.3 Å². The Morgan fingerprint density at radius 2 is 1.74 bits per heavy atom. The molecule has 6 nitrogen and oxygen atoms in total. The van der Waals surface area contributed by atoms with Crippen LogP contribution in [0.4, 0.5) is 8.78 Å². The summed E-state index contributed by atoms with van der Waals surface area (Å²) in [7, 11) is 0. The molecule has 0 radical (unpaired) electrons. The molecule has 1 aromatic heterocycles. The lowest BCUT2D eigenvalue weighted by Crippen LogP contribution is -2.39. The van der Waals surface area contributed by atoms with E-state index in [9.17, 15) is 13.9 Å². The number of aliphatic hydroxyl groups is 1. The van der Waals surface area contributed by atoms with Crippen LogP contribution in [0, 0.1) is 24.5 Å². The van der Waals surface area contributed by atoms with Gasteiger partial charge in [0, 0.05) is 31.8 Å². The molecule has 0 fully saturated rings. The van der Waals surface area contributed by atoms with Gasteiger partial charge in [0.15, 0.2) is 11.6 Å². The molecule has 190 valence electrons. The topological polar surface area (TPSA) is 59.8 Å². The highest BCUT2D eigenvalue weighted by Gasteiger charge is 2.24. The summed E-state index contributed by atoms with van der Waals surface area (Å²) >= 11 is 0. The highest BCUT2D eigenvalue weighted by molar-refractivity contribution is 5.43. The van der Waals surface area contributed by atoms with E-state index in [1.54, 1.807) is 4.68 Å².